The van der Waals surface area contributed by atoms with E-state index >= 15 is 0 Å². The number of halogens is 2. The summed E-state index contributed by atoms with van der Waals surface area (Å²) in [4.78, 5) is 20.4. The van der Waals surface area contributed by atoms with E-state index in [1.54, 1.807) is 24.3 Å². The molecule has 0 spiro atoms. The lowest BCUT2D eigenvalue weighted by molar-refractivity contribution is 0.102. The number of nitrogens with one attached hydrogen (secondary N) is 2. The Hall–Kier alpha value is -2.63. The van der Waals surface area contributed by atoms with Crippen LogP contribution in [-0.4, -0.2) is 15.9 Å². The molecule has 5 nitrogen and oxygen atoms in total. The summed E-state index contributed by atoms with van der Waals surface area (Å²) in [6, 6.07) is 15.9. The lowest BCUT2D eigenvalue weighted by Gasteiger charge is -2.09. The van der Waals surface area contributed by atoms with Crippen LogP contribution in [0.2, 0.25) is 10.0 Å². The lowest BCUT2D eigenvalue weighted by Crippen LogP contribution is -2.14. The lowest BCUT2D eigenvalue weighted by atomic mass is 10.3. The van der Waals surface area contributed by atoms with E-state index in [9.17, 15) is 4.79 Å². The smallest absolute Gasteiger partial charge is 0.274 e. The van der Waals surface area contributed by atoms with E-state index in [2.05, 4.69) is 20.6 Å². The second kappa shape index (κ2) is 7.29. The van der Waals surface area contributed by atoms with Crippen molar-refractivity contribution in [2.45, 2.75) is 0 Å². The molecule has 1 amide bonds. The molecule has 3 rings (SSSR count). The second-order valence-corrected chi connectivity index (χ2v) is 5.70. The highest BCUT2D eigenvalue weighted by molar-refractivity contribution is 6.36. The fourth-order valence-corrected chi connectivity index (χ4v) is 2.45. The molecule has 0 fully saturated rings. The number of amides is 1. The summed E-state index contributed by atoms with van der Waals surface area (Å²) in [7, 11) is 0. The molecule has 1 heterocycles. The van der Waals surface area contributed by atoms with Crippen LogP contribution in [0.4, 0.5) is 17.2 Å². The number of carbonyl (C=O) groups excluding carboxylic acids is 1. The van der Waals surface area contributed by atoms with E-state index in [4.69, 9.17) is 23.2 Å². The summed E-state index contributed by atoms with van der Waals surface area (Å²) >= 11 is 11.9. The van der Waals surface area contributed by atoms with Crippen LogP contribution < -0.4 is 10.6 Å². The average Bonchev–Trinajstić information content (AvgIpc) is 2.58. The molecule has 2 aromatic carbocycles. The molecule has 0 saturated heterocycles. The SMILES string of the molecule is O=C(Nc1ccc(Cl)cc1Cl)c1cc(Nc2ccccc2)ncn1. The van der Waals surface area contributed by atoms with Gasteiger partial charge in [-0.05, 0) is 30.3 Å². The van der Waals surface area contributed by atoms with Crippen molar-refractivity contribution >= 4 is 46.3 Å². The molecule has 3 aromatic rings. The largest absolute Gasteiger partial charge is 0.340 e. The molecule has 2 N–H and O–H groups in total. The van der Waals surface area contributed by atoms with Gasteiger partial charge < -0.3 is 10.6 Å². The van der Waals surface area contributed by atoms with Gasteiger partial charge in [0.2, 0.25) is 0 Å². The number of benzene rings is 2. The third kappa shape index (κ3) is 4.01. The highest BCUT2D eigenvalue weighted by atomic mass is 35.5. The van der Waals surface area contributed by atoms with Gasteiger partial charge in [0.05, 0.1) is 10.7 Å². The van der Waals surface area contributed by atoms with Crippen LogP contribution in [0.25, 0.3) is 0 Å². The molecular weight excluding hydrogens is 347 g/mol. The van der Waals surface area contributed by atoms with Gasteiger partial charge in [-0.25, -0.2) is 9.97 Å². The van der Waals surface area contributed by atoms with Gasteiger partial charge in [0, 0.05) is 16.8 Å². The number of hydrogen-bond acceptors (Lipinski definition) is 4. The van der Waals surface area contributed by atoms with Gasteiger partial charge in [-0.2, -0.15) is 0 Å². The summed E-state index contributed by atoms with van der Waals surface area (Å²) < 4.78 is 0. The summed E-state index contributed by atoms with van der Waals surface area (Å²) in [6.07, 6.45) is 1.32. The van der Waals surface area contributed by atoms with Gasteiger partial charge in [-0.3, -0.25) is 4.79 Å². The van der Waals surface area contributed by atoms with Crippen molar-refractivity contribution in [2.24, 2.45) is 0 Å². The first-order chi connectivity index (χ1) is 11.6. The van der Waals surface area contributed by atoms with Crippen LogP contribution in [0, 0.1) is 0 Å². The van der Waals surface area contributed by atoms with Crippen molar-refractivity contribution < 1.29 is 4.79 Å². The topological polar surface area (TPSA) is 66.9 Å². The highest BCUT2D eigenvalue weighted by Crippen LogP contribution is 2.25. The molecule has 0 radical (unpaired) electrons. The Morgan fingerprint density at radius 3 is 2.50 bits per heavy atom. The van der Waals surface area contributed by atoms with Gasteiger partial charge in [0.15, 0.2) is 0 Å². The Kier molecular flexibility index (Phi) is 4.93. The fourth-order valence-electron chi connectivity index (χ4n) is 2.00. The van der Waals surface area contributed by atoms with Crippen LogP contribution in [-0.2, 0) is 0 Å². The van der Waals surface area contributed by atoms with E-state index in [1.165, 1.54) is 6.33 Å². The summed E-state index contributed by atoms with van der Waals surface area (Å²) in [5.74, 6) is 0.126. The summed E-state index contributed by atoms with van der Waals surface area (Å²) in [5.41, 5.74) is 1.54. The standard InChI is InChI=1S/C17H12Cl2N4O/c18-11-6-7-14(13(19)8-11)23-17(24)15-9-16(21-10-20-15)22-12-4-2-1-3-5-12/h1-10H,(H,23,24)(H,20,21,22). The Morgan fingerprint density at radius 2 is 1.75 bits per heavy atom. The molecule has 0 unspecified atom stereocenters. The van der Waals surface area contributed by atoms with Crippen molar-refractivity contribution in [1.29, 1.82) is 0 Å². The van der Waals surface area contributed by atoms with E-state index in [1.807, 2.05) is 30.3 Å². The van der Waals surface area contributed by atoms with E-state index in [0.717, 1.165) is 5.69 Å². The third-order valence-corrected chi connectivity index (χ3v) is 3.67. The van der Waals surface area contributed by atoms with Crippen LogP contribution in [0.5, 0.6) is 0 Å². The predicted octanol–water partition coefficient (Wildman–Crippen LogP) is 4.78. The zero-order valence-corrected chi connectivity index (χ0v) is 13.8. The molecule has 0 bridgehead atoms. The third-order valence-electron chi connectivity index (χ3n) is 3.13. The molecule has 0 aliphatic heterocycles. The maximum Gasteiger partial charge on any atom is 0.274 e. The monoisotopic (exact) mass is 358 g/mol. The summed E-state index contributed by atoms with van der Waals surface area (Å²) in [5, 5.41) is 6.65. The maximum atomic E-state index is 12.3. The number of anilines is 3. The van der Waals surface area contributed by atoms with Crippen molar-refractivity contribution in [2.75, 3.05) is 10.6 Å². The Morgan fingerprint density at radius 1 is 0.958 bits per heavy atom. The molecule has 7 heteroatoms. The first-order valence-corrected chi connectivity index (χ1v) is 7.78. The Labute approximate surface area is 148 Å². The van der Waals surface area contributed by atoms with Gasteiger partial charge in [-0.15, -0.1) is 0 Å². The predicted molar refractivity (Wildman–Crippen MR) is 96.2 cm³/mol. The van der Waals surface area contributed by atoms with Crippen molar-refractivity contribution in [3.8, 4) is 0 Å². The van der Waals surface area contributed by atoms with Crippen LogP contribution >= 0.6 is 23.2 Å². The maximum absolute atomic E-state index is 12.3. The fraction of sp³-hybridized carbons (Fsp3) is 0. The number of hydrogen-bond donors (Lipinski definition) is 2. The molecule has 0 saturated carbocycles. The minimum Gasteiger partial charge on any atom is -0.340 e. The number of nitrogens with zero attached hydrogens (tertiary/aromatic N) is 2. The zero-order valence-electron chi connectivity index (χ0n) is 12.3. The molecular formula is C17H12Cl2N4O. The van der Waals surface area contributed by atoms with Crippen molar-refractivity contribution in [3.05, 3.63) is 76.7 Å². The van der Waals surface area contributed by atoms with Gasteiger partial charge in [0.1, 0.15) is 17.8 Å². The molecule has 120 valence electrons. The first-order valence-electron chi connectivity index (χ1n) is 7.02. The molecule has 0 aliphatic rings. The van der Waals surface area contributed by atoms with E-state index < -0.39 is 5.91 Å². The highest BCUT2D eigenvalue weighted by Gasteiger charge is 2.11. The van der Waals surface area contributed by atoms with Crippen LogP contribution in [0.3, 0.4) is 0 Å². The number of para-hydroxylation sites is 1. The average molecular weight is 359 g/mol. The quantitative estimate of drug-likeness (QED) is 0.704. The van der Waals surface area contributed by atoms with Crippen LogP contribution in [0.15, 0.2) is 60.9 Å². The first kappa shape index (κ1) is 16.2. The van der Waals surface area contributed by atoms with E-state index in [-0.39, 0.29) is 5.69 Å². The van der Waals surface area contributed by atoms with Gasteiger partial charge in [0.25, 0.3) is 5.91 Å². The summed E-state index contributed by atoms with van der Waals surface area (Å²) in [6.45, 7) is 0. The molecule has 0 aliphatic carbocycles. The Bertz CT molecular complexity index is 871. The molecule has 24 heavy (non-hydrogen) atoms. The minimum atomic E-state index is -0.391. The van der Waals surface area contributed by atoms with Crippen molar-refractivity contribution in [3.63, 3.8) is 0 Å². The van der Waals surface area contributed by atoms with Crippen molar-refractivity contribution in [1.82, 2.24) is 9.97 Å². The number of aromatic nitrogens is 2. The number of carbonyl (C=O) groups is 1. The molecule has 1 aromatic heterocycles. The molecule has 0 atom stereocenters. The van der Waals surface area contributed by atoms with Gasteiger partial charge in [-0.1, -0.05) is 41.4 Å². The zero-order chi connectivity index (χ0) is 16.9. The van der Waals surface area contributed by atoms with Crippen LogP contribution in [0.1, 0.15) is 10.5 Å². The number of rotatable bonds is 4. The minimum absolute atomic E-state index is 0.217. The second-order valence-electron chi connectivity index (χ2n) is 4.86. The Balaban J connectivity index is 1.77. The van der Waals surface area contributed by atoms with Gasteiger partial charge >= 0.3 is 0 Å². The normalized spacial score (nSPS) is 10.2. The van der Waals surface area contributed by atoms with E-state index in [0.29, 0.717) is 21.6 Å².